The van der Waals surface area contributed by atoms with E-state index in [2.05, 4.69) is 65.9 Å². The van der Waals surface area contributed by atoms with Crippen LogP contribution >= 0.6 is 0 Å². The Kier molecular flexibility index (Phi) is 5.06. The van der Waals surface area contributed by atoms with E-state index in [4.69, 9.17) is 9.97 Å². The summed E-state index contributed by atoms with van der Waals surface area (Å²) in [6, 6.07) is 10.8. The van der Waals surface area contributed by atoms with Crippen molar-refractivity contribution in [2.75, 3.05) is 0 Å². The number of pyridine rings is 1. The fourth-order valence-corrected chi connectivity index (χ4v) is 3.51. The summed E-state index contributed by atoms with van der Waals surface area (Å²) in [6.07, 6.45) is 10.8. The third-order valence-electron chi connectivity index (χ3n) is 4.92. The molecule has 0 spiro atoms. The molecule has 0 atom stereocenters. The van der Waals surface area contributed by atoms with Gasteiger partial charge in [0.2, 0.25) is 0 Å². The highest BCUT2D eigenvalue weighted by molar-refractivity contribution is 5.76. The van der Waals surface area contributed by atoms with E-state index in [0.717, 1.165) is 42.2 Å². The van der Waals surface area contributed by atoms with Crippen molar-refractivity contribution >= 4 is 17.2 Å². The number of imidazole rings is 2. The standard InChI is InChI=1S/C23H25N5/c1-4-21-26-22-17(2)14-18(3)25-23(22)28(21)15-20-9-7-19(8-10-20)6-5-12-27-13-11-24-16-27/h5-11,13-14,16H,4,12,15H2,1-3H3. The number of nitrogens with zero attached hydrogens (tertiary/aromatic N) is 5. The zero-order chi connectivity index (χ0) is 19.5. The number of benzene rings is 1. The minimum absolute atomic E-state index is 0.786. The molecule has 0 aliphatic carbocycles. The van der Waals surface area contributed by atoms with Crippen LogP contribution in [0.2, 0.25) is 0 Å². The average Bonchev–Trinajstić information content (AvgIpc) is 3.32. The Balaban J connectivity index is 1.55. The van der Waals surface area contributed by atoms with Crippen LogP contribution in [-0.4, -0.2) is 24.1 Å². The van der Waals surface area contributed by atoms with Crippen molar-refractivity contribution < 1.29 is 0 Å². The second-order valence-electron chi connectivity index (χ2n) is 7.12. The number of fused-ring (bicyclic) bond motifs is 1. The van der Waals surface area contributed by atoms with Gasteiger partial charge in [0.05, 0.1) is 12.9 Å². The number of rotatable bonds is 6. The Morgan fingerprint density at radius 2 is 1.89 bits per heavy atom. The SMILES string of the molecule is CCc1nc2c(C)cc(C)nc2n1Cc1ccc(C=CCn2ccnc2)cc1. The third kappa shape index (κ3) is 3.74. The van der Waals surface area contributed by atoms with Crippen LogP contribution in [0.25, 0.3) is 17.2 Å². The molecule has 4 aromatic rings. The van der Waals surface area contributed by atoms with E-state index < -0.39 is 0 Å². The lowest BCUT2D eigenvalue weighted by molar-refractivity contribution is 0.745. The van der Waals surface area contributed by atoms with Crippen molar-refractivity contribution in [2.24, 2.45) is 0 Å². The predicted molar refractivity (Wildman–Crippen MR) is 113 cm³/mol. The van der Waals surface area contributed by atoms with Crippen LogP contribution in [0.15, 0.2) is 55.1 Å². The molecule has 0 aliphatic heterocycles. The van der Waals surface area contributed by atoms with E-state index in [9.17, 15) is 0 Å². The van der Waals surface area contributed by atoms with Gasteiger partial charge in [0.1, 0.15) is 11.3 Å². The maximum Gasteiger partial charge on any atom is 0.160 e. The topological polar surface area (TPSA) is 48.5 Å². The summed E-state index contributed by atoms with van der Waals surface area (Å²) in [6.45, 7) is 7.91. The maximum atomic E-state index is 4.83. The number of hydrogen-bond donors (Lipinski definition) is 0. The van der Waals surface area contributed by atoms with Gasteiger partial charge in [0.15, 0.2) is 5.65 Å². The smallest absolute Gasteiger partial charge is 0.160 e. The molecule has 1 aromatic carbocycles. The maximum absolute atomic E-state index is 4.83. The molecule has 3 aromatic heterocycles. The van der Waals surface area contributed by atoms with E-state index in [1.54, 1.807) is 6.20 Å². The largest absolute Gasteiger partial charge is 0.334 e. The van der Waals surface area contributed by atoms with Gasteiger partial charge in [-0.15, -0.1) is 0 Å². The van der Waals surface area contributed by atoms with Crippen molar-refractivity contribution in [3.8, 4) is 0 Å². The van der Waals surface area contributed by atoms with Crippen molar-refractivity contribution in [3.05, 3.63) is 83.3 Å². The molecule has 3 heterocycles. The molecule has 0 saturated heterocycles. The van der Waals surface area contributed by atoms with Crippen LogP contribution in [0, 0.1) is 13.8 Å². The second kappa shape index (κ2) is 7.80. The van der Waals surface area contributed by atoms with Gasteiger partial charge in [0, 0.05) is 31.1 Å². The molecule has 0 aliphatic rings. The monoisotopic (exact) mass is 371 g/mol. The molecule has 5 heteroatoms. The fraction of sp³-hybridized carbons (Fsp3) is 0.261. The minimum atomic E-state index is 0.786. The molecule has 0 amide bonds. The summed E-state index contributed by atoms with van der Waals surface area (Å²) < 4.78 is 4.29. The first kappa shape index (κ1) is 18.2. The molecule has 4 rings (SSSR count). The van der Waals surface area contributed by atoms with Gasteiger partial charge in [-0.25, -0.2) is 15.0 Å². The van der Waals surface area contributed by atoms with Crippen LogP contribution in [0.1, 0.15) is 35.1 Å². The lowest BCUT2D eigenvalue weighted by Crippen LogP contribution is -2.05. The molecular formula is C23H25N5. The Hall–Kier alpha value is -3.21. The Morgan fingerprint density at radius 3 is 2.61 bits per heavy atom. The number of aryl methyl sites for hydroxylation is 3. The van der Waals surface area contributed by atoms with Gasteiger partial charge >= 0.3 is 0 Å². The van der Waals surface area contributed by atoms with Crippen LogP contribution < -0.4 is 0 Å². The highest BCUT2D eigenvalue weighted by atomic mass is 15.1. The molecule has 0 saturated carbocycles. The minimum Gasteiger partial charge on any atom is -0.334 e. The number of aromatic nitrogens is 5. The van der Waals surface area contributed by atoms with Gasteiger partial charge in [-0.05, 0) is 36.6 Å². The molecule has 142 valence electrons. The molecule has 0 N–H and O–H groups in total. The molecule has 0 unspecified atom stereocenters. The summed E-state index contributed by atoms with van der Waals surface area (Å²) in [4.78, 5) is 13.7. The third-order valence-corrected chi connectivity index (χ3v) is 4.92. The molecule has 5 nitrogen and oxygen atoms in total. The normalized spacial score (nSPS) is 11.7. The first-order valence-corrected chi connectivity index (χ1v) is 9.68. The molecule has 0 bridgehead atoms. The van der Waals surface area contributed by atoms with Gasteiger partial charge in [-0.1, -0.05) is 43.3 Å². The average molecular weight is 371 g/mol. The molecular weight excluding hydrogens is 346 g/mol. The summed E-state index contributed by atoms with van der Waals surface area (Å²) in [5.41, 5.74) is 6.67. The Labute approximate surface area is 165 Å². The Bertz CT molecular complexity index is 1100. The van der Waals surface area contributed by atoms with Crippen molar-refractivity contribution in [1.82, 2.24) is 24.1 Å². The van der Waals surface area contributed by atoms with Crippen molar-refractivity contribution in [3.63, 3.8) is 0 Å². The van der Waals surface area contributed by atoms with Crippen LogP contribution in [0.5, 0.6) is 0 Å². The first-order chi connectivity index (χ1) is 13.6. The lowest BCUT2D eigenvalue weighted by atomic mass is 10.1. The van der Waals surface area contributed by atoms with E-state index in [-0.39, 0.29) is 0 Å². The van der Waals surface area contributed by atoms with E-state index >= 15 is 0 Å². The molecule has 0 fully saturated rings. The molecule has 28 heavy (non-hydrogen) atoms. The van der Waals surface area contributed by atoms with E-state index in [1.165, 1.54) is 16.7 Å². The highest BCUT2D eigenvalue weighted by Crippen LogP contribution is 2.21. The summed E-state index contributed by atoms with van der Waals surface area (Å²) >= 11 is 0. The first-order valence-electron chi connectivity index (χ1n) is 9.68. The van der Waals surface area contributed by atoms with Crippen molar-refractivity contribution in [2.45, 2.75) is 40.3 Å². The van der Waals surface area contributed by atoms with E-state index in [0.29, 0.717) is 0 Å². The highest BCUT2D eigenvalue weighted by Gasteiger charge is 2.13. The fourth-order valence-electron chi connectivity index (χ4n) is 3.51. The second-order valence-corrected chi connectivity index (χ2v) is 7.12. The zero-order valence-electron chi connectivity index (χ0n) is 16.6. The van der Waals surface area contributed by atoms with Crippen LogP contribution in [-0.2, 0) is 19.5 Å². The van der Waals surface area contributed by atoms with Gasteiger partial charge in [-0.2, -0.15) is 0 Å². The summed E-state index contributed by atoms with van der Waals surface area (Å²) in [5.74, 6) is 1.08. The molecule has 0 radical (unpaired) electrons. The number of allylic oxidation sites excluding steroid dienone is 1. The predicted octanol–water partition coefficient (Wildman–Crippen LogP) is 4.57. The zero-order valence-corrected chi connectivity index (χ0v) is 16.6. The van der Waals surface area contributed by atoms with Crippen molar-refractivity contribution in [1.29, 1.82) is 0 Å². The lowest BCUT2D eigenvalue weighted by Gasteiger charge is -2.09. The summed E-state index contributed by atoms with van der Waals surface area (Å²) in [7, 11) is 0. The Morgan fingerprint density at radius 1 is 1.07 bits per heavy atom. The van der Waals surface area contributed by atoms with Crippen LogP contribution in [0.4, 0.5) is 0 Å². The van der Waals surface area contributed by atoms with E-state index in [1.807, 2.05) is 24.0 Å². The number of hydrogen-bond acceptors (Lipinski definition) is 3. The quantitative estimate of drug-likeness (QED) is 0.499. The van der Waals surface area contributed by atoms with Gasteiger partial charge in [-0.3, -0.25) is 0 Å². The van der Waals surface area contributed by atoms with Gasteiger partial charge < -0.3 is 9.13 Å². The summed E-state index contributed by atoms with van der Waals surface area (Å²) in [5, 5.41) is 0. The van der Waals surface area contributed by atoms with Crippen LogP contribution in [0.3, 0.4) is 0 Å². The van der Waals surface area contributed by atoms with Gasteiger partial charge in [0.25, 0.3) is 0 Å².